The van der Waals surface area contributed by atoms with Crippen LogP contribution in [0.1, 0.15) is 0 Å². The van der Waals surface area contributed by atoms with E-state index in [4.69, 9.17) is 19.3 Å². The molecule has 84 valence electrons. The van der Waals surface area contributed by atoms with Crippen molar-refractivity contribution in [2.24, 2.45) is 0 Å². The van der Waals surface area contributed by atoms with Crippen LogP contribution in [0.2, 0.25) is 0 Å². The highest BCUT2D eigenvalue weighted by Gasteiger charge is 1.91. The molecule has 0 aliphatic rings. The van der Waals surface area contributed by atoms with E-state index in [1.807, 2.05) is 0 Å². The van der Waals surface area contributed by atoms with E-state index in [2.05, 4.69) is 11.8 Å². The van der Waals surface area contributed by atoms with E-state index in [9.17, 15) is 0 Å². The third-order valence-corrected chi connectivity index (χ3v) is 1.35. The average molecular weight is 207 g/mol. The summed E-state index contributed by atoms with van der Waals surface area (Å²) in [6.07, 6.45) is 0. The van der Waals surface area contributed by atoms with Crippen LogP contribution < -0.4 is 0 Å². The summed E-state index contributed by atoms with van der Waals surface area (Å²) in [6.45, 7) is 3.56. The highest BCUT2D eigenvalue weighted by molar-refractivity contribution is 4.34. The SMILES string of the molecule is [CH2+]OCCOCCOCCOCCO. The van der Waals surface area contributed by atoms with Gasteiger partial charge < -0.3 is 19.3 Å². The summed E-state index contributed by atoms with van der Waals surface area (Å²) in [7, 11) is 3.21. The number of aliphatic hydroxyl groups is 1. The number of ether oxygens (including phenoxy) is 4. The average Bonchev–Trinajstić information content (AvgIpc) is 2.21. The molecule has 0 atom stereocenters. The van der Waals surface area contributed by atoms with Crippen LogP contribution in [-0.4, -0.2) is 58.0 Å². The highest BCUT2D eigenvalue weighted by Crippen LogP contribution is 1.81. The standard InChI is InChI=1S/C9H19O5/c1-11-4-5-13-8-9-14-7-6-12-3-2-10/h10H,1-9H2/q+1. The second-order valence-electron chi connectivity index (χ2n) is 2.47. The largest absolute Gasteiger partial charge is 0.394 e. The lowest BCUT2D eigenvalue weighted by Gasteiger charge is -2.04. The molecule has 0 aliphatic heterocycles. The van der Waals surface area contributed by atoms with Crippen molar-refractivity contribution in [3.05, 3.63) is 7.11 Å². The predicted octanol–water partition coefficient (Wildman–Crippen LogP) is -0.163. The van der Waals surface area contributed by atoms with Crippen molar-refractivity contribution in [1.82, 2.24) is 0 Å². The van der Waals surface area contributed by atoms with Gasteiger partial charge in [0.2, 0.25) is 7.11 Å². The maximum absolute atomic E-state index is 8.39. The fraction of sp³-hybridized carbons (Fsp3) is 0.889. The summed E-state index contributed by atoms with van der Waals surface area (Å²) in [5, 5.41) is 8.39. The zero-order chi connectivity index (χ0) is 10.5. The Hall–Kier alpha value is -0.330. The molecule has 0 aromatic heterocycles. The first-order valence-corrected chi connectivity index (χ1v) is 4.63. The summed E-state index contributed by atoms with van der Waals surface area (Å²) in [5.74, 6) is 0. The van der Waals surface area contributed by atoms with Gasteiger partial charge in [-0.1, -0.05) is 0 Å². The number of aliphatic hydroxyl groups excluding tert-OH is 1. The normalized spacial score (nSPS) is 10.6. The van der Waals surface area contributed by atoms with Crippen molar-refractivity contribution in [3.63, 3.8) is 0 Å². The van der Waals surface area contributed by atoms with E-state index >= 15 is 0 Å². The van der Waals surface area contributed by atoms with Crippen LogP contribution in [0.5, 0.6) is 0 Å². The minimum absolute atomic E-state index is 0.0498. The molecule has 0 spiro atoms. The topological polar surface area (TPSA) is 57.2 Å². The van der Waals surface area contributed by atoms with Crippen molar-refractivity contribution < 1.29 is 24.1 Å². The zero-order valence-electron chi connectivity index (χ0n) is 8.44. The smallest absolute Gasteiger partial charge is 0.213 e. The van der Waals surface area contributed by atoms with Gasteiger partial charge in [-0.15, -0.1) is 0 Å². The van der Waals surface area contributed by atoms with Crippen LogP contribution in [-0.2, 0) is 18.9 Å². The van der Waals surface area contributed by atoms with Gasteiger partial charge in [-0.3, -0.25) is 0 Å². The first kappa shape index (κ1) is 13.7. The summed E-state index contributed by atoms with van der Waals surface area (Å²) in [4.78, 5) is 0. The molecule has 1 N–H and O–H groups in total. The molecule has 0 radical (unpaired) electrons. The molecule has 0 saturated heterocycles. The lowest BCUT2D eigenvalue weighted by Crippen LogP contribution is -2.12. The molecular weight excluding hydrogens is 188 g/mol. The molecular formula is C9H19O5+. The van der Waals surface area contributed by atoms with Gasteiger partial charge in [0.25, 0.3) is 0 Å². The molecule has 14 heavy (non-hydrogen) atoms. The Morgan fingerprint density at radius 1 is 0.714 bits per heavy atom. The van der Waals surface area contributed by atoms with Gasteiger partial charge >= 0.3 is 0 Å². The van der Waals surface area contributed by atoms with Crippen molar-refractivity contribution in [3.8, 4) is 0 Å². The quantitative estimate of drug-likeness (QED) is 0.377. The Labute approximate surface area is 84.9 Å². The second-order valence-corrected chi connectivity index (χ2v) is 2.47. The fourth-order valence-corrected chi connectivity index (χ4v) is 0.724. The Bertz CT molecular complexity index is 87.2. The zero-order valence-corrected chi connectivity index (χ0v) is 8.44. The lowest BCUT2D eigenvalue weighted by molar-refractivity contribution is 0.00104. The molecule has 0 heterocycles. The molecule has 5 nitrogen and oxygen atoms in total. The van der Waals surface area contributed by atoms with Gasteiger partial charge in [0, 0.05) is 0 Å². The maximum atomic E-state index is 8.39. The van der Waals surface area contributed by atoms with E-state index in [0.717, 1.165) is 0 Å². The van der Waals surface area contributed by atoms with Gasteiger partial charge in [0.15, 0.2) is 0 Å². The Balaban J connectivity index is 2.78. The first-order valence-electron chi connectivity index (χ1n) is 4.63. The van der Waals surface area contributed by atoms with Crippen LogP contribution in [0.4, 0.5) is 0 Å². The van der Waals surface area contributed by atoms with E-state index < -0.39 is 0 Å². The number of hydrogen-bond acceptors (Lipinski definition) is 5. The lowest BCUT2D eigenvalue weighted by atomic mass is 10.7. The molecule has 0 rings (SSSR count). The van der Waals surface area contributed by atoms with Crippen LogP contribution in [0.25, 0.3) is 0 Å². The van der Waals surface area contributed by atoms with Crippen LogP contribution >= 0.6 is 0 Å². The van der Waals surface area contributed by atoms with E-state index in [0.29, 0.717) is 46.2 Å². The van der Waals surface area contributed by atoms with Crippen molar-refractivity contribution >= 4 is 0 Å². The molecule has 0 amide bonds. The summed E-state index contributed by atoms with van der Waals surface area (Å²) < 4.78 is 19.8. The summed E-state index contributed by atoms with van der Waals surface area (Å²) in [5.41, 5.74) is 0. The van der Waals surface area contributed by atoms with Crippen LogP contribution in [0, 0.1) is 7.11 Å². The summed E-state index contributed by atoms with van der Waals surface area (Å²) >= 11 is 0. The van der Waals surface area contributed by atoms with Crippen molar-refractivity contribution in [2.75, 3.05) is 52.9 Å². The van der Waals surface area contributed by atoms with Crippen molar-refractivity contribution in [2.45, 2.75) is 0 Å². The molecule has 5 heteroatoms. The van der Waals surface area contributed by atoms with Crippen LogP contribution in [0.3, 0.4) is 0 Å². The fourth-order valence-electron chi connectivity index (χ4n) is 0.724. The minimum Gasteiger partial charge on any atom is -0.394 e. The Kier molecular flexibility index (Phi) is 12.4. The highest BCUT2D eigenvalue weighted by atomic mass is 16.6. The maximum Gasteiger partial charge on any atom is 0.213 e. The van der Waals surface area contributed by atoms with Gasteiger partial charge in [-0.25, -0.2) is 0 Å². The Morgan fingerprint density at radius 2 is 1.14 bits per heavy atom. The van der Waals surface area contributed by atoms with Gasteiger partial charge in [-0.05, 0) is 0 Å². The number of hydrogen-bond donors (Lipinski definition) is 1. The van der Waals surface area contributed by atoms with Gasteiger partial charge in [0.1, 0.15) is 6.61 Å². The molecule has 0 saturated carbocycles. The molecule has 0 fully saturated rings. The Morgan fingerprint density at radius 3 is 1.57 bits per heavy atom. The molecule has 0 aliphatic carbocycles. The monoisotopic (exact) mass is 207 g/mol. The van der Waals surface area contributed by atoms with E-state index in [-0.39, 0.29) is 6.61 Å². The molecule has 0 aromatic rings. The minimum atomic E-state index is 0.0498. The first-order chi connectivity index (χ1) is 6.91. The third kappa shape index (κ3) is 11.7. The number of rotatable bonds is 11. The van der Waals surface area contributed by atoms with Gasteiger partial charge in [-0.2, -0.15) is 4.74 Å². The predicted molar refractivity (Wildman–Crippen MR) is 50.9 cm³/mol. The summed E-state index contributed by atoms with van der Waals surface area (Å²) in [6, 6.07) is 0. The molecule has 0 unspecified atom stereocenters. The molecule has 0 bridgehead atoms. The second kappa shape index (κ2) is 12.7. The van der Waals surface area contributed by atoms with Crippen LogP contribution in [0.15, 0.2) is 0 Å². The third-order valence-electron chi connectivity index (χ3n) is 1.35. The van der Waals surface area contributed by atoms with Gasteiger partial charge in [0.05, 0.1) is 46.2 Å². The van der Waals surface area contributed by atoms with E-state index in [1.165, 1.54) is 0 Å². The molecule has 0 aromatic carbocycles. The van der Waals surface area contributed by atoms with Crippen molar-refractivity contribution in [1.29, 1.82) is 0 Å². The van der Waals surface area contributed by atoms with E-state index in [1.54, 1.807) is 0 Å².